The number of hydrogen-bond acceptors (Lipinski definition) is 7. The number of aliphatic hydroxyl groups excluding tert-OH is 1. The predicted octanol–water partition coefficient (Wildman–Crippen LogP) is 2.80. The van der Waals surface area contributed by atoms with Crippen LogP contribution in [0, 0.1) is 28.6 Å². The lowest BCUT2D eigenvalue weighted by molar-refractivity contribution is -0.224. The molecular formula is C25H31FO7. The van der Waals surface area contributed by atoms with Gasteiger partial charge in [0.05, 0.1) is 12.2 Å². The summed E-state index contributed by atoms with van der Waals surface area (Å²) >= 11 is 0. The maximum atomic E-state index is 15.5. The van der Waals surface area contributed by atoms with Crippen molar-refractivity contribution in [2.45, 2.75) is 77.0 Å². The first-order valence-corrected chi connectivity index (χ1v) is 11.6. The van der Waals surface area contributed by atoms with Crippen molar-refractivity contribution in [2.75, 3.05) is 6.61 Å². The number of ketones is 2. The van der Waals surface area contributed by atoms with Crippen molar-refractivity contribution < 1.29 is 38.1 Å². The molecule has 1 aliphatic heterocycles. The van der Waals surface area contributed by atoms with E-state index in [1.54, 1.807) is 19.9 Å². The molecule has 8 atom stereocenters. The smallest absolute Gasteiger partial charge is 0.293 e. The average Bonchev–Trinajstić information content (AvgIpc) is 3.13. The Kier molecular flexibility index (Phi) is 4.89. The van der Waals surface area contributed by atoms with Crippen LogP contribution in [-0.2, 0) is 28.6 Å². The quantitative estimate of drug-likeness (QED) is 0.642. The summed E-state index contributed by atoms with van der Waals surface area (Å²) in [6.45, 7) is 7.07. The Balaban J connectivity index is 1.60. The zero-order valence-corrected chi connectivity index (χ0v) is 19.4. The van der Waals surface area contributed by atoms with Gasteiger partial charge in [0.25, 0.3) is 6.47 Å². The first-order valence-electron chi connectivity index (χ1n) is 11.6. The maximum absolute atomic E-state index is 15.5. The van der Waals surface area contributed by atoms with Gasteiger partial charge in [0.1, 0.15) is 5.83 Å². The van der Waals surface area contributed by atoms with E-state index >= 15 is 4.39 Å². The summed E-state index contributed by atoms with van der Waals surface area (Å²) in [5.41, 5.74) is -2.55. The molecule has 0 aromatic carbocycles. The molecule has 0 amide bonds. The van der Waals surface area contributed by atoms with Crippen molar-refractivity contribution in [2.24, 2.45) is 28.6 Å². The van der Waals surface area contributed by atoms with Crippen molar-refractivity contribution in [3.05, 3.63) is 23.6 Å². The number of fused-ring (bicyclic) bond motifs is 7. The number of halogens is 1. The van der Waals surface area contributed by atoms with E-state index in [0.717, 1.165) is 0 Å². The molecular weight excluding hydrogens is 431 g/mol. The highest BCUT2D eigenvalue weighted by Gasteiger charge is 2.77. The van der Waals surface area contributed by atoms with Crippen LogP contribution in [0.5, 0.6) is 0 Å². The number of hydrogen-bond donors (Lipinski definition) is 1. The third-order valence-electron chi connectivity index (χ3n) is 9.20. The fraction of sp³-hybridized carbons (Fsp3) is 0.720. The first-order chi connectivity index (χ1) is 15.4. The van der Waals surface area contributed by atoms with Gasteiger partial charge in [-0.15, -0.1) is 0 Å². The molecule has 1 saturated heterocycles. The summed E-state index contributed by atoms with van der Waals surface area (Å²) in [6.07, 6.45) is 2.69. The van der Waals surface area contributed by atoms with E-state index in [4.69, 9.17) is 14.2 Å². The lowest BCUT2D eigenvalue weighted by atomic mass is 9.46. The van der Waals surface area contributed by atoms with Crippen LogP contribution in [0.15, 0.2) is 23.6 Å². The zero-order chi connectivity index (χ0) is 24.0. The van der Waals surface area contributed by atoms with Gasteiger partial charge in [-0.25, -0.2) is 4.39 Å². The van der Waals surface area contributed by atoms with E-state index in [-0.39, 0.29) is 55.1 Å². The van der Waals surface area contributed by atoms with Gasteiger partial charge in [-0.1, -0.05) is 19.9 Å². The number of carbonyl (C=O) groups excluding carboxylic acids is 3. The highest BCUT2D eigenvalue weighted by atomic mass is 19.1. The standard InChI is InChI=1S/C25H31FO7/c1-22(2)32-20-9-15-14-8-17(26)16-7-13(28)5-6-23(16,3)21(14)18(29)10-24(15,4)25(20,33-22)19(30)11-31-12-27/h5-6,12,14-15,18,20-21,29H,7-11H2,1-4H3/t14-,15-,18-,20+,21+,23-,24-,25+/m0/s1. The molecule has 1 heterocycles. The minimum Gasteiger partial charge on any atom is -0.460 e. The second kappa shape index (κ2) is 7.06. The largest absolute Gasteiger partial charge is 0.460 e. The molecule has 0 aromatic rings. The van der Waals surface area contributed by atoms with Gasteiger partial charge in [-0.3, -0.25) is 14.4 Å². The number of rotatable bonds is 4. The number of ether oxygens (including phenoxy) is 3. The molecule has 0 bridgehead atoms. The maximum Gasteiger partial charge on any atom is 0.293 e. The minimum atomic E-state index is -1.41. The minimum absolute atomic E-state index is 0.0329. The van der Waals surface area contributed by atoms with Crippen LogP contribution in [-0.4, -0.2) is 53.3 Å². The van der Waals surface area contributed by atoms with Gasteiger partial charge in [0.2, 0.25) is 5.78 Å². The van der Waals surface area contributed by atoms with E-state index in [1.807, 2.05) is 13.8 Å². The molecule has 0 radical (unpaired) electrons. The molecule has 0 unspecified atom stereocenters. The van der Waals surface area contributed by atoms with Crippen LogP contribution in [0.2, 0.25) is 0 Å². The lowest BCUT2D eigenvalue weighted by Gasteiger charge is -2.59. The fourth-order valence-electron chi connectivity index (χ4n) is 8.12. The lowest BCUT2D eigenvalue weighted by Crippen LogP contribution is -2.64. The number of carbonyl (C=O) groups is 3. The molecule has 4 aliphatic carbocycles. The Labute approximate surface area is 192 Å². The summed E-state index contributed by atoms with van der Waals surface area (Å²) in [4.78, 5) is 36.3. The van der Waals surface area contributed by atoms with E-state index in [1.165, 1.54) is 6.08 Å². The Morgan fingerprint density at radius 2 is 2.06 bits per heavy atom. The molecule has 0 aromatic heterocycles. The Morgan fingerprint density at radius 3 is 2.76 bits per heavy atom. The SMILES string of the molecule is CC1(C)O[C@@H]2C[C@H]3[C@@H]4CC(F)=C5CC(=O)C=C[C@]5(C)[C@H]4[C@@H](O)C[C@]3(C)[C@]2(C(=O)COC=O)O1. The van der Waals surface area contributed by atoms with Crippen LogP contribution >= 0.6 is 0 Å². The number of allylic oxidation sites excluding steroid dienone is 4. The average molecular weight is 463 g/mol. The van der Waals surface area contributed by atoms with Crippen molar-refractivity contribution >= 4 is 18.0 Å². The highest BCUT2D eigenvalue weighted by molar-refractivity contribution is 5.94. The van der Waals surface area contributed by atoms with Gasteiger partial charge in [-0.2, -0.15) is 0 Å². The third-order valence-corrected chi connectivity index (χ3v) is 9.20. The first kappa shape index (κ1) is 22.9. The van der Waals surface area contributed by atoms with Crippen molar-refractivity contribution in [3.63, 3.8) is 0 Å². The molecule has 8 heteroatoms. The zero-order valence-electron chi connectivity index (χ0n) is 19.4. The molecule has 2 saturated carbocycles. The van der Waals surface area contributed by atoms with Crippen LogP contribution < -0.4 is 0 Å². The van der Waals surface area contributed by atoms with Crippen molar-refractivity contribution in [3.8, 4) is 0 Å². The third kappa shape index (κ3) is 2.86. The summed E-state index contributed by atoms with van der Waals surface area (Å²) in [6, 6.07) is 0. The van der Waals surface area contributed by atoms with Crippen molar-refractivity contribution in [1.29, 1.82) is 0 Å². The number of aliphatic hydroxyl groups is 1. The number of Topliss-reactive ketones (excluding diaryl/α,β-unsaturated/α-hetero) is 1. The van der Waals surface area contributed by atoms with E-state index < -0.39 is 46.8 Å². The van der Waals surface area contributed by atoms with E-state index in [2.05, 4.69) is 0 Å². The van der Waals surface area contributed by atoms with Crippen LogP contribution in [0.25, 0.3) is 0 Å². The molecule has 3 fully saturated rings. The monoisotopic (exact) mass is 462 g/mol. The van der Waals surface area contributed by atoms with Gasteiger partial charge in [0.15, 0.2) is 23.8 Å². The topological polar surface area (TPSA) is 99.1 Å². The fourth-order valence-corrected chi connectivity index (χ4v) is 8.12. The summed E-state index contributed by atoms with van der Waals surface area (Å²) in [7, 11) is 0. The van der Waals surface area contributed by atoms with Crippen LogP contribution in [0.1, 0.15) is 53.4 Å². The van der Waals surface area contributed by atoms with E-state index in [0.29, 0.717) is 12.0 Å². The second-order valence-corrected chi connectivity index (χ2v) is 11.2. The molecule has 33 heavy (non-hydrogen) atoms. The van der Waals surface area contributed by atoms with Crippen LogP contribution in [0.3, 0.4) is 0 Å². The van der Waals surface area contributed by atoms with Crippen LogP contribution in [0.4, 0.5) is 4.39 Å². The normalized spacial score (nSPS) is 47.5. The molecule has 7 nitrogen and oxygen atoms in total. The Hall–Kier alpha value is -1.90. The molecule has 5 aliphatic rings. The highest BCUT2D eigenvalue weighted by Crippen LogP contribution is 2.70. The van der Waals surface area contributed by atoms with Gasteiger partial charge in [0, 0.05) is 29.6 Å². The molecule has 1 N–H and O–H groups in total. The van der Waals surface area contributed by atoms with Gasteiger partial charge >= 0.3 is 0 Å². The van der Waals surface area contributed by atoms with Crippen molar-refractivity contribution in [1.82, 2.24) is 0 Å². The van der Waals surface area contributed by atoms with E-state index in [9.17, 15) is 19.5 Å². The Morgan fingerprint density at radius 1 is 1.33 bits per heavy atom. The summed E-state index contributed by atoms with van der Waals surface area (Å²) in [5, 5.41) is 11.5. The molecule has 0 spiro atoms. The second-order valence-electron chi connectivity index (χ2n) is 11.2. The summed E-state index contributed by atoms with van der Waals surface area (Å²) < 4.78 is 32.8. The molecule has 180 valence electrons. The van der Waals surface area contributed by atoms with Gasteiger partial charge in [-0.05, 0) is 50.2 Å². The van der Waals surface area contributed by atoms with Gasteiger partial charge < -0.3 is 19.3 Å². The predicted molar refractivity (Wildman–Crippen MR) is 113 cm³/mol. The Bertz CT molecular complexity index is 985. The molecule has 5 rings (SSSR count). The summed E-state index contributed by atoms with van der Waals surface area (Å²) in [5.74, 6) is -2.57.